The molecule has 0 saturated carbocycles. The van der Waals surface area contributed by atoms with Gasteiger partial charge in [-0.25, -0.2) is 0 Å². The van der Waals surface area contributed by atoms with Crippen LogP contribution < -0.4 is 4.74 Å². The van der Waals surface area contributed by atoms with E-state index in [-0.39, 0.29) is 5.91 Å². The van der Waals surface area contributed by atoms with Gasteiger partial charge in [-0.05, 0) is 25.1 Å². The van der Waals surface area contributed by atoms with Crippen LogP contribution in [0, 0.1) is 0 Å². The lowest BCUT2D eigenvalue weighted by molar-refractivity contribution is -0.136. The molecule has 0 saturated heterocycles. The Morgan fingerprint density at radius 1 is 1.42 bits per heavy atom. The molecule has 1 amide bonds. The van der Waals surface area contributed by atoms with Crippen LogP contribution >= 0.6 is 11.6 Å². The molecule has 0 N–H and O–H groups in total. The third kappa shape index (κ3) is 4.79. The van der Waals surface area contributed by atoms with Crippen LogP contribution in [0.3, 0.4) is 0 Å². The van der Waals surface area contributed by atoms with Gasteiger partial charge in [0.1, 0.15) is 5.75 Å². The van der Waals surface area contributed by atoms with Crippen molar-refractivity contribution in [1.82, 2.24) is 4.90 Å². The van der Waals surface area contributed by atoms with E-state index in [0.717, 1.165) is 0 Å². The van der Waals surface area contributed by atoms with Gasteiger partial charge >= 0.3 is 0 Å². The van der Waals surface area contributed by atoms with Crippen molar-refractivity contribution in [3.8, 4) is 5.75 Å². The van der Waals surface area contributed by atoms with Gasteiger partial charge in [0.2, 0.25) is 0 Å². The molecule has 1 rings (SSSR count). The first-order valence-corrected chi connectivity index (χ1v) is 6.39. The minimum absolute atomic E-state index is 0.111. The summed E-state index contributed by atoms with van der Waals surface area (Å²) in [6.07, 6.45) is 2.76. The number of carbonyl (C=O) groups excluding carboxylic acids is 1. The second kappa shape index (κ2) is 7.64. The molecule has 0 heterocycles. The maximum Gasteiger partial charge on any atom is 0.263 e. The first-order chi connectivity index (χ1) is 9.08. The highest BCUT2D eigenvalue weighted by atomic mass is 35.5. The number of rotatable bonds is 7. The fourth-order valence-electron chi connectivity index (χ4n) is 1.62. The van der Waals surface area contributed by atoms with Gasteiger partial charge in [-0.3, -0.25) is 4.79 Å². The van der Waals surface area contributed by atoms with Crippen LogP contribution in [0.5, 0.6) is 5.75 Å². The Hall–Kier alpha value is -1.74. The van der Waals surface area contributed by atoms with Gasteiger partial charge < -0.3 is 9.64 Å². The zero-order valence-electron chi connectivity index (χ0n) is 11.0. The Balaban J connectivity index is 2.69. The molecule has 0 fully saturated rings. The summed E-state index contributed by atoms with van der Waals surface area (Å²) >= 11 is 5.87. The van der Waals surface area contributed by atoms with E-state index >= 15 is 0 Å². The van der Waals surface area contributed by atoms with Crippen molar-refractivity contribution in [3.63, 3.8) is 0 Å². The van der Waals surface area contributed by atoms with E-state index in [9.17, 15) is 4.79 Å². The van der Waals surface area contributed by atoms with Crippen molar-refractivity contribution < 1.29 is 9.53 Å². The lowest BCUT2D eigenvalue weighted by atomic mass is 10.3. The molecule has 3 nitrogen and oxygen atoms in total. The number of carbonyl (C=O) groups is 1. The van der Waals surface area contributed by atoms with Crippen molar-refractivity contribution in [3.05, 3.63) is 54.6 Å². The summed E-state index contributed by atoms with van der Waals surface area (Å²) in [5, 5.41) is 0.575. The molecule has 1 aromatic rings. The first kappa shape index (κ1) is 15.3. The third-order valence-electron chi connectivity index (χ3n) is 2.47. The van der Waals surface area contributed by atoms with Crippen molar-refractivity contribution in [2.45, 2.75) is 13.0 Å². The third-order valence-corrected chi connectivity index (χ3v) is 2.70. The molecule has 0 spiro atoms. The zero-order chi connectivity index (χ0) is 14.3. The monoisotopic (exact) mass is 279 g/mol. The van der Waals surface area contributed by atoms with Crippen LogP contribution in [0.4, 0.5) is 0 Å². The molecule has 1 atom stereocenters. The van der Waals surface area contributed by atoms with Gasteiger partial charge in [0.15, 0.2) is 6.10 Å². The van der Waals surface area contributed by atoms with Crippen LogP contribution in [0.15, 0.2) is 49.6 Å². The van der Waals surface area contributed by atoms with Gasteiger partial charge in [-0.2, -0.15) is 0 Å². The predicted octanol–water partition coefficient (Wildman–Crippen LogP) is 3.31. The van der Waals surface area contributed by atoms with Gasteiger partial charge in [0.05, 0.1) is 0 Å². The van der Waals surface area contributed by atoms with Crippen LogP contribution in [0.1, 0.15) is 6.92 Å². The number of halogens is 1. The summed E-state index contributed by atoms with van der Waals surface area (Å²) in [6.45, 7) is 9.91. The maximum absolute atomic E-state index is 12.2. The molecule has 0 bridgehead atoms. The average molecular weight is 280 g/mol. The largest absolute Gasteiger partial charge is 0.481 e. The van der Waals surface area contributed by atoms with E-state index in [2.05, 4.69) is 13.2 Å². The Kier molecular flexibility index (Phi) is 6.16. The molecular formula is C15H18ClNO2. The van der Waals surface area contributed by atoms with Gasteiger partial charge in [-0.15, -0.1) is 13.2 Å². The Labute approximate surface area is 119 Å². The highest BCUT2D eigenvalue weighted by molar-refractivity contribution is 6.30. The average Bonchev–Trinajstić information content (AvgIpc) is 2.37. The van der Waals surface area contributed by atoms with E-state index < -0.39 is 6.10 Å². The van der Waals surface area contributed by atoms with Crippen molar-refractivity contribution >= 4 is 17.5 Å². The summed E-state index contributed by atoms with van der Waals surface area (Å²) in [4.78, 5) is 13.8. The summed E-state index contributed by atoms with van der Waals surface area (Å²) < 4.78 is 5.59. The highest BCUT2D eigenvalue weighted by Gasteiger charge is 2.20. The molecule has 0 aliphatic heterocycles. The van der Waals surface area contributed by atoms with Crippen molar-refractivity contribution in [1.29, 1.82) is 0 Å². The molecule has 102 valence electrons. The molecule has 0 radical (unpaired) electrons. The standard InChI is InChI=1S/C15H18ClNO2/c1-4-9-17(10-5-2)15(18)12(3)19-14-8-6-7-13(16)11-14/h4-8,11-12H,1-2,9-10H2,3H3/t12-/m1/s1. The molecule has 4 heteroatoms. The van der Waals surface area contributed by atoms with Gasteiger partial charge in [0.25, 0.3) is 5.91 Å². The van der Waals surface area contributed by atoms with E-state index in [1.165, 1.54) is 0 Å². The van der Waals surface area contributed by atoms with Crippen molar-refractivity contribution in [2.24, 2.45) is 0 Å². The Bertz CT molecular complexity index is 449. The number of nitrogens with zero attached hydrogens (tertiary/aromatic N) is 1. The number of hydrogen-bond donors (Lipinski definition) is 0. The molecule has 0 unspecified atom stereocenters. The van der Waals surface area contributed by atoms with E-state index in [4.69, 9.17) is 16.3 Å². The van der Waals surface area contributed by atoms with Gasteiger partial charge in [0, 0.05) is 18.1 Å². The molecule has 0 aliphatic carbocycles. The number of hydrogen-bond acceptors (Lipinski definition) is 2. The van der Waals surface area contributed by atoms with Crippen molar-refractivity contribution in [2.75, 3.05) is 13.1 Å². The molecule has 1 aromatic carbocycles. The van der Waals surface area contributed by atoms with Crippen LogP contribution in [-0.2, 0) is 4.79 Å². The minimum Gasteiger partial charge on any atom is -0.481 e. The second-order valence-corrected chi connectivity index (χ2v) is 4.47. The number of ether oxygens (including phenoxy) is 1. The normalized spacial score (nSPS) is 11.5. The predicted molar refractivity (Wildman–Crippen MR) is 78.5 cm³/mol. The quantitative estimate of drug-likeness (QED) is 0.717. The Morgan fingerprint density at radius 2 is 2.05 bits per heavy atom. The molecule has 0 aromatic heterocycles. The van der Waals surface area contributed by atoms with Crippen LogP contribution in [0.2, 0.25) is 5.02 Å². The number of amides is 1. The van der Waals surface area contributed by atoms with Gasteiger partial charge in [-0.1, -0.05) is 29.8 Å². The fraction of sp³-hybridized carbons (Fsp3) is 0.267. The molecule has 19 heavy (non-hydrogen) atoms. The summed E-state index contributed by atoms with van der Waals surface area (Å²) in [5.74, 6) is 0.463. The lowest BCUT2D eigenvalue weighted by Gasteiger charge is -2.23. The van der Waals surface area contributed by atoms with E-state index in [1.807, 2.05) is 0 Å². The SMILES string of the molecule is C=CCN(CC=C)C(=O)[C@@H](C)Oc1cccc(Cl)c1. The summed E-state index contributed by atoms with van der Waals surface area (Å²) in [5.41, 5.74) is 0. The number of benzene rings is 1. The highest BCUT2D eigenvalue weighted by Crippen LogP contribution is 2.18. The maximum atomic E-state index is 12.2. The first-order valence-electron chi connectivity index (χ1n) is 6.01. The topological polar surface area (TPSA) is 29.5 Å². The van der Waals surface area contributed by atoms with Crippen LogP contribution in [-0.4, -0.2) is 30.0 Å². The molecule has 0 aliphatic rings. The van der Waals surface area contributed by atoms with E-state index in [1.54, 1.807) is 48.2 Å². The van der Waals surface area contributed by atoms with E-state index in [0.29, 0.717) is 23.9 Å². The van der Waals surface area contributed by atoms with Crippen LogP contribution in [0.25, 0.3) is 0 Å². The Morgan fingerprint density at radius 3 is 2.58 bits per heavy atom. The minimum atomic E-state index is -0.585. The lowest BCUT2D eigenvalue weighted by Crippen LogP contribution is -2.40. The zero-order valence-corrected chi connectivity index (χ0v) is 11.8. The second-order valence-electron chi connectivity index (χ2n) is 4.04. The summed E-state index contributed by atoms with van der Waals surface area (Å²) in [7, 11) is 0. The fourth-order valence-corrected chi connectivity index (χ4v) is 1.80. The smallest absolute Gasteiger partial charge is 0.263 e. The summed E-state index contributed by atoms with van der Waals surface area (Å²) in [6, 6.07) is 6.97. The molecular weight excluding hydrogens is 262 g/mol.